The standard InChI is InChI=1S/C22H32N4O3/c1-4-5-6-18(11-12-27)25-21-19(15(2)24-22(23)26-21)13-16-7-9-17(10-8-16)14-20(28)29-3/h7-10,18,27H,4-6,11-14H2,1-3H3,(H3,23,24,25,26)/t18-/m0/s1. The largest absolute Gasteiger partial charge is 0.469 e. The number of nitrogens with one attached hydrogen (secondary N) is 1. The highest BCUT2D eigenvalue weighted by Gasteiger charge is 2.16. The minimum atomic E-state index is -0.256. The first kappa shape index (κ1) is 22.6. The molecular formula is C22H32N4O3. The molecular weight excluding hydrogens is 368 g/mol. The van der Waals surface area contributed by atoms with Gasteiger partial charge < -0.3 is 20.9 Å². The number of aromatic nitrogens is 2. The number of nitrogen functional groups attached to an aromatic ring is 1. The average molecular weight is 401 g/mol. The summed E-state index contributed by atoms with van der Waals surface area (Å²) in [6, 6.07) is 8.00. The highest BCUT2D eigenvalue weighted by molar-refractivity contribution is 5.72. The fourth-order valence-corrected chi connectivity index (χ4v) is 3.26. The lowest BCUT2D eigenvalue weighted by atomic mass is 10.0. The molecule has 0 saturated carbocycles. The summed E-state index contributed by atoms with van der Waals surface area (Å²) < 4.78 is 4.71. The summed E-state index contributed by atoms with van der Waals surface area (Å²) in [5, 5.41) is 12.9. The van der Waals surface area contributed by atoms with Crippen LogP contribution in [0, 0.1) is 6.92 Å². The summed E-state index contributed by atoms with van der Waals surface area (Å²) in [5.74, 6) is 0.706. The third-order valence-electron chi connectivity index (χ3n) is 4.94. The van der Waals surface area contributed by atoms with Crippen molar-refractivity contribution in [2.75, 3.05) is 24.8 Å². The molecule has 1 aromatic carbocycles. The topological polar surface area (TPSA) is 110 Å². The second-order valence-corrected chi connectivity index (χ2v) is 7.24. The van der Waals surface area contributed by atoms with Gasteiger partial charge in [-0.25, -0.2) is 4.98 Å². The van der Waals surface area contributed by atoms with E-state index in [0.717, 1.165) is 47.5 Å². The molecule has 2 aromatic rings. The zero-order chi connectivity index (χ0) is 21.2. The molecule has 0 aliphatic heterocycles. The van der Waals surface area contributed by atoms with Crippen molar-refractivity contribution < 1.29 is 14.6 Å². The smallest absolute Gasteiger partial charge is 0.309 e. The number of nitrogens with two attached hydrogens (primary N) is 1. The van der Waals surface area contributed by atoms with Crippen LogP contribution in [0.15, 0.2) is 24.3 Å². The molecule has 0 spiro atoms. The van der Waals surface area contributed by atoms with Gasteiger partial charge in [-0.05, 0) is 30.9 Å². The first-order valence-electron chi connectivity index (χ1n) is 10.1. The number of hydrogen-bond acceptors (Lipinski definition) is 7. The number of carbonyl (C=O) groups excluding carboxylic acids is 1. The number of aliphatic hydroxyl groups is 1. The lowest BCUT2D eigenvalue weighted by Crippen LogP contribution is -2.23. The fourth-order valence-electron chi connectivity index (χ4n) is 3.26. The first-order valence-corrected chi connectivity index (χ1v) is 10.1. The summed E-state index contributed by atoms with van der Waals surface area (Å²) in [5.41, 5.74) is 9.71. The van der Waals surface area contributed by atoms with Gasteiger partial charge in [-0.2, -0.15) is 4.98 Å². The Morgan fingerprint density at radius 1 is 1.21 bits per heavy atom. The molecule has 7 heteroatoms. The average Bonchev–Trinajstić information content (AvgIpc) is 2.70. The van der Waals surface area contributed by atoms with Crippen LogP contribution in [0.2, 0.25) is 0 Å². The van der Waals surface area contributed by atoms with Crippen molar-refractivity contribution >= 4 is 17.7 Å². The van der Waals surface area contributed by atoms with Gasteiger partial charge in [-0.15, -0.1) is 0 Å². The number of nitrogens with zero attached hydrogens (tertiary/aromatic N) is 2. The van der Waals surface area contributed by atoms with Gasteiger partial charge in [0.2, 0.25) is 5.95 Å². The Morgan fingerprint density at radius 2 is 1.90 bits per heavy atom. The summed E-state index contributed by atoms with van der Waals surface area (Å²) >= 11 is 0. The van der Waals surface area contributed by atoms with Crippen LogP contribution >= 0.6 is 0 Å². The maximum absolute atomic E-state index is 11.4. The Balaban J connectivity index is 2.22. The minimum absolute atomic E-state index is 0.123. The van der Waals surface area contributed by atoms with Crippen LogP contribution in [0.1, 0.15) is 55.0 Å². The number of hydrogen-bond donors (Lipinski definition) is 3. The van der Waals surface area contributed by atoms with Crippen molar-refractivity contribution in [3.63, 3.8) is 0 Å². The van der Waals surface area contributed by atoms with Crippen molar-refractivity contribution in [3.05, 3.63) is 46.6 Å². The molecule has 0 unspecified atom stereocenters. The second-order valence-electron chi connectivity index (χ2n) is 7.24. The molecule has 0 fully saturated rings. The van der Waals surface area contributed by atoms with Gasteiger partial charge in [0.15, 0.2) is 0 Å². The maximum Gasteiger partial charge on any atom is 0.309 e. The molecule has 2 rings (SSSR count). The van der Waals surface area contributed by atoms with Gasteiger partial charge >= 0.3 is 5.97 Å². The number of methoxy groups -OCH3 is 1. The zero-order valence-corrected chi connectivity index (χ0v) is 17.6. The molecule has 0 radical (unpaired) electrons. The van der Waals surface area contributed by atoms with E-state index in [2.05, 4.69) is 22.2 Å². The molecule has 29 heavy (non-hydrogen) atoms. The monoisotopic (exact) mass is 400 g/mol. The molecule has 7 nitrogen and oxygen atoms in total. The normalized spacial score (nSPS) is 11.9. The highest BCUT2D eigenvalue weighted by atomic mass is 16.5. The molecule has 4 N–H and O–H groups in total. The number of anilines is 2. The molecule has 0 bridgehead atoms. The molecule has 1 heterocycles. The van der Waals surface area contributed by atoms with Crippen molar-refractivity contribution in [3.8, 4) is 0 Å². The quantitative estimate of drug-likeness (QED) is 0.497. The Kier molecular flexibility index (Phi) is 8.86. The van der Waals surface area contributed by atoms with Crippen molar-refractivity contribution in [2.24, 2.45) is 0 Å². The third-order valence-corrected chi connectivity index (χ3v) is 4.94. The fraction of sp³-hybridized carbons (Fsp3) is 0.500. The van der Waals surface area contributed by atoms with Crippen LogP contribution < -0.4 is 11.1 Å². The lowest BCUT2D eigenvalue weighted by Gasteiger charge is -2.21. The minimum Gasteiger partial charge on any atom is -0.469 e. The van der Waals surface area contributed by atoms with E-state index in [-0.39, 0.29) is 31.0 Å². The number of unbranched alkanes of at least 4 members (excludes halogenated alkanes) is 1. The van der Waals surface area contributed by atoms with E-state index in [1.54, 1.807) is 0 Å². The lowest BCUT2D eigenvalue weighted by molar-refractivity contribution is -0.139. The summed E-state index contributed by atoms with van der Waals surface area (Å²) in [7, 11) is 1.39. The first-order chi connectivity index (χ1) is 14.0. The number of aliphatic hydroxyl groups excluding tert-OH is 1. The van der Waals surface area contributed by atoms with E-state index >= 15 is 0 Å². The predicted molar refractivity (Wildman–Crippen MR) is 115 cm³/mol. The number of esters is 1. The molecule has 0 aliphatic rings. The number of rotatable bonds is 11. The van der Waals surface area contributed by atoms with Crippen LogP contribution in [0.5, 0.6) is 0 Å². The van der Waals surface area contributed by atoms with Gasteiger partial charge in [-0.3, -0.25) is 4.79 Å². The number of aryl methyl sites for hydroxylation is 1. The van der Waals surface area contributed by atoms with Crippen LogP contribution in [0.25, 0.3) is 0 Å². The summed E-state index contributed by atoms with van der Waals surface area (Å²) in [6.07, 6.45) is 4.69. The van der Waals surface area contributed by atoms with Gasteiger partial charge in [0.25, 0.3) is 0 Å². The summed E-state index contributed by atoms with van der Waals surface area (Å²) in [6.45, 7) is 4.20. The Labute approximate surface area is 172 Å². The van der Waals surface area contributed by atoms with Crippen LogP contribution in [0.3, 0.4) is 0 Å². The molecule has 0 saturated heterocycles. The van der Waals surface area contributed by atoms with Crippen LogP contribution in [-0.2, 0) is 22.4 Å². The van der Waals surface area contributed by atoms with E-state index < -0.39 is 0 Å². The van der Waals surface area contributed by atoms with Gasteiger partial charge in [0, 0.05) is 30.3 Å². The number of benzene rings is 1. The SMILES string of the molecule is CCCC[C@@H](CCO)Nc1nc(N)nc(C)c1Cc1ccc(CC(=O)OC)cc1. The molecule has 0 aliphatic carbocycles. The zero-order valence-electron chi connectivity index (χ0n) is 17.6. The number of ether oxygens (including phenoxy) is 1. The van der Waals surface area contributed by atoms with E-state index in [1.165, 1.54) is 7.11 Å². The molecule has 1 aromatic heterocycles. The van der Waals surface area contributed by atoms with Crippen molar-refractivity contribution in [1.29, 1.82) is 0 Å². The Morgan fingerprint density at radius 3 is 2.52 bits per heavy atom. The Bertz CT molecular complexity index is 793. The van der Waals surface area contributed by atoms with E-state index in [4.69, 9.17) is 10.5 Å². The van der Waals surface area contributed by atoms with Crippen LogP contribution in [0.4, 0.5) is 11.8 Å². The second kappa shape index (κ2) is 11.4. The van der Waals surface area contributed by atoms with Gasteiger partial charge in [-0.1, -0.05) is 44.0 Å². The number of carbonyl (C=O) groups is 1. The van der Waals surface area contributed by atoms with E-state index in [9.17, 15) is 9.90 Å². The molecule has 158 valence electrons. The Hall–Kier alpha value is -2.67. The van der Waals surface area contributed by atoms with Crippen molar-refractivity contribution in [2.45, 2.75) is 58.4 Å². The van der Waals surface area contributed by atoms with Crippen LogP contribution in [-0.4, -0.2) is 40.8 Å². The highest BCUT2D eigenvalue weighted by Crippen LogP contribution is 2.24. The molecule has 0 amide bonds. The summed E-state index contributed by atoms with van der Waals surface area (Å²) in [4.78, 5) is 20.2. The van der Waals surface area contributed by atoms with E-state index in [1.807, 2.05) is 31.2 Å². The third kappa shape index (κ3) is 7.02. The van der Waals surface area contributed by atoms with Gasteiger partial charge in [0.1, 0.15) is 5.82 Å². The molecule has 1 atom stereocenters. The van der Waals surface area contributed by atoms with Crippen molar-refractivity contribution in [1.82, 2.24) is 9.97 Å². The van der Waals surface area contributed by atoms with E-state index in [0.29, 0.717) is 12.8 Å². The van der Waals surface area contributed by atoms with Gasteiger partial charge in [0.05, 0.1) is 13.5 Å². The predicted octanol–water partition coefficient (Wildman–Crippen LogP) is 3.03. The maximum atomic E-state index is 11.4.